The van der Waals surface area contributed by atoms with E-state index in [-0.39, 0.29) is 17.1 Å². The number of rotatable bonds is 6. The van der Waals surface area contributed by atoms with Gasteiger partial charge < -0.3 is 8.99 Å². The minimum Gasteiger partial charge on any atom is -0.413 e. The van der Waals surface area contributed by atoms with Crippen molar-refractivity contribution in [2.75, 3.05) is 0 Å². The van der Waals surface area contributed by atoms with E-state index >= 15 is 4.57 Å². The summed E-state index contributed by atoms with van der Waals surface area (Å²) in [5.41, 5.74) is 3.90. The molecule has 38 heavy (non-hydrogen) atoms. The molecular formula is C33H39O2PSSi. The van der Waals surface area contributed by atoms with Crippen LogP contribution in [0.15, 0.2) is 84.9 Å². The van der Waals surface area contributed by atoms with Crippen molar-refractivity contribution < 1.29 is 8.99 Å². The SMILES string of the molecule is Cc1sc(C)c(P(=O)(c2ccccc2)c2ccccc2)c1[C@H]1c2ccccc2C[C@@H]1O[Si](C)(C)C(C)(C)C. The molecule has 0 radical (unpaired) electrons. The summed E-state index contributed by atoms with van der Waals surface area (Å²) < 4.78 is 22.9. The molecule has 0 unspecified atom stereocenters. The molecule has 2 atom stereocenters. The van der Waals surface area contributed by atoms with E-state index in [1.807, 2.05) is 60.7 Å². The zero-order valence-electron chi connectivity index (χ0n) is 23.6. The normalized spacial score (nSPS) is 18.0. The summed E-state index contributed by atoms with van der Waals surface area (Å²) in [4.78, 5) is 2.39. The van der Waals surface area contributed by atoms with E-state index in [0.717, 1.165) is 27.2 Å². The van der Waals surface area contributed by atoms with Crippen molar-refractivity contribution in [1.29, 1.82) is 0 Å². The molecule has 1 heterocycles. The maximum atomic E-state index is 15.7. The Morgan fingerprint density at radius 2 is 1.34 bits per heavy atom. The summed E-state index contributed by atoms with van der Waals surface area (Å²) >= 11 is 1.78. The van der Waals surface area contributed by atoms with Gasteiger partial charge in [0.15, 0.2) is 15.5 Å². The lowest BCUT2D eigenvalue weighted by molar-refractivity contribution is 0.175. The summed E-state index contributed by atoms with van der Waals surface area (Å²) in [6, 6.07) is 29.0. The van der Waals surface area contributed by atoms with Crippen LogP contribution in [0.25, 0.3) is 0 Å². The zero-order valence-corrected chi connectivity index (χ0v) is 26.3. The van der Waals surface area contributed by atoms with Crippen molar-refractivity contribution in [3.8, 4) is 0 Å². The van der Waals surface area contributed by atoms with Crippen molar-refractivity contribution in [3.05, 3.63) is 111 Å². The maximum Gasteiger partial charge on any atom is 0.192 e. The van der Waals surface area contributed by atoms with Gasteiger partial charge in [-0.05, 0) is 55.1 Å². The van der Waals surface area contributed by atoms with Crippen LogP contribution in [-0.2, 0) is 15.4 Å². The maximum absolute atomic E-state index is 15.7. The van der Waals surface area contributed by atoms with Gasteiger partial charge in [-0.25, -0.2) is 0 Å². The number of fused-ring (bicyclic) bond motifs is 1. The van der Waals surface area contributed by atoms with Crippen LogP contribution in [0.5, 0.6) is 0 Å². The molecule has 0 spiro atoms. The molecule has 198 valence electrons. The highest BCUT2D eigenvalue weighted by molar-refractivity contribution is 7.85. The monoisotopic (exact) mass is 558 g/mol. The first-order valence-electron chi connectivity index (χ1n) is 13.5. The fraction of sp³-hybridized carbons (Fsp3) is 0.333. The third-order valence-electron chi connectivity index (χ3n) is 8.57. The fourth-order valence-corrected chi connectivity index (χ4v) is 11.7. The van der Waals surface area contributed by atoms with E-state index in [4.69, 9.17) is 4.43 Å². The molecule has 0 aliphatic heterocycles. The number of benzene rings is 3. The standard InChI is InChI=1S/C33H39O2PSSi/c1-23-30(31-28-21-15-14-16-25(28)22-29(31)35-38(6,7)33(3,4)5)32(24(2)37-23)36(34,26-17-10-8-11-18-26)27-19-12-9-13-20-27/h8-21,29,31H,22H2,1-7H3/t29-,31-/m0/s1. The van der Waals surface area contributed by atoms with Gasteiger partial charge in [0.2, 0.25) is 0 Å². The van der Waals surface area contributed by atoms with Crippen molar-refractivity contribution >= 4 is 42.7 Å². The molecule has 0 fully saturated rings. The number of aryl methyl sites for hydroxylation is 2. The van der Waals surface area contributed by atoms with Gasteiger partial charge in [0.25, 0.3) is 0 Å². The number of hydrogen-bond acceptors (Lipinski definition) is 3. The lowest BCUT2D eigenvalue weighted by atomic mass is 9.91. The summed E-state index contributed by atoms with van der Waals surface area (Å²) in [5, 5.41) is 2.91. The van der Waals surface area contributed by atoms with Gasteiger partial charge in [0.05, 0.1) is 6.10 Å². The van der Waals surface area contributed by atoms with E-state index in [0.29, 0.717) is 0 Å². The van der Waals surface area contributed by atoms with E-state index in [2.05, 4.69) is 72.0 Å². The number of thiophene rings is 1. The predicted octanol–water partition coefficient (Wildman–Crippen LogP) is 8.08. The molecule has 0 amide bonds. The third-order valence-corrected chi connectivity index (χ3v) is 17.5. The van der Waals surface area contributed by atoms with Gasteiger partial charge in [0.1, 0.15) is 0 Å². The highest BCUT2D eigenvalue weighted by atomic mass is 32.1. The van der Waals surface area contributed by atoms with Crippen molar-refractivity contribution in [2.45, 2.75) is 71.2 Å². The van der Waals surface area contributed by atoms with Gasteiger partial charge in [-0.2, -0.15) is 0 Å². The summed E-state index contributed by atoms with van der Waals surface area (Å²) in [6.07, 6.45) is 0.919. The van der Waals surface area contributed by atoms with Gasteiger partial charge in [-0.1, -0.05) is 106 Å². The van der Waals surface area contributed by atoms with Crippen LogP contribution in [0.2, 0.25) is 18.1 Å². The molecule has 0 N–H and O–H groups in total. The average molecular weight is 559 g/mol. The lowest BCUT2D eigenvalue weighted by Crippen LogP contribution is -2.45. The number of hydrogen-bond donors (Lipinski definition) is 0. The summed E-state index contributed by atoms with van der Waals surface area (Å²) in [6.45, 7) is 16.0. The topological polar surface area (TPSA) is 26.3 Å². The van der Waals surface area contributed by atoms with E-state index in [1.165, 1.54) is 21.6 Å². The van der Waals surface area contributed by atoms with Crippen LogP contribution in [0.1, 0.15) is 53.1 Å². The Kier molecular flexibility index (Phi) is 7.24. The van der Waals surface area contributed by atoms with Crippen LogP contribution in [-0.4, -0.2) is 14.4 Å². The van der Waals surface area contributed by atoms with Gasteiger partial charge in [-0.3, -0.25) is 0 Å². The molecule has 4 aromatic rings. The Balaban J connectivity index is 1.77. The molecule has 0 saturated heterocycles. The first kappa shape index (κ1) is 27.3. The van der Waals surface area contributed by atoms with Crippen LogP contribution in [0.3, 0.4) is 0 Å². The molecule has 2 nitrogen and oxygen atoms in total. The van der Waals surface area contributed by atoms with Gasteiger partial charge >= 0.3 is 0 Å². The Labute approximate surface area is 233 Å². The highest BCUT2D eigenvalue weighted by Gasteiger charge is 2.47. The fourth-order valence-electron chi connectivity index (χ4n) is 5.69. The first-order valence-corrected chi connectivity index (χ1v) is 19.0. The van der Waals surface area contributed by atoms with E-state index in [1.54, 1.807) is 11.3 Å². The second kappa shape index (κ2) is 10.1. The third kappa shape index (κ3) is 4.60. The van der Waals surface area contributed by atoms with Crippen LogP contribution >= 0.6 is 18.5 Å². The Hall–Kier alpha value is -2.23. The zero-order chi connectivity index (χ0) is 27.3. The van der Waals surface area contributed by atoms with Crippen LogP contribution in [0, 0.1) is 13.8 Å². The molecular weight excluding hydrogens is 519 g/mol. The van der Waals surface area contributed by atoms with Gasteiger partial charge in [0, 0.05) is 31.6 Å². The van der Waals surface area contributed by atoms with Crippen molar-refractivity contribution in [3.63, 3.8) is 0 Å². The molecule has 0 bridgehead atoms. The van der Waals surface area contributed by atoms with E-state index in [9.17, 15) is 0 Å². The first-order chi connectivity index (χ1) is 17.9. The Morgan fingerprint density at radius 3 is 1.89 bits per heavy atom. The Morgan fingerprint density at radius 1 is 0.816 bits per heavy atom. The molecule has 5 rings (SSSR count). The molecule has 1 aliphatic carbocycles. The Bertz CT molecular complexity index is 1440. The minimum atomic E-state index is -3.14. The molecule has 0 saturated carbocycles. The minimum absolute atomic E-state index is 0.0275. The van der Waals surface area contributed by atoms with Crippen LogP contribution in [0.4, 0.5) is 0 Å². The second-order valence-corrected chi connectivity index (χ2v) is 20.9. The van der Waals surface area contributed by atoms with Gasteiger partial charge in [-0.15, -0.1) is 11.3 Å². The molecule has 1 aliphatic rings. The molecule has 1 aromatic heterocycles. The van der Waals surface area contributed by atoms with E-state index < -0.39 is 15.5 Å². The smallest absolute Gasteiger partial charge is 0.192 e. The summed E-state index contributed by atoms with van der Waals surface area (Å²) in [7, 11) is -5.19. The van der Waals surface area contributed by atoms with Crippen molar-refractivity contribution in [1.82, 2.24) is 0 Å². The quantitative estimate of drug-likeness (QED) is 0.177. The highest BCUT2D eigenvalue weighted by Crippen LogP contribution is 2.52. The molecule has 3 aromatic carbocycles. The average Bonchev–Trinajstić information content (AvgIpc) is 3.38. The predicted molar refractivity (Wildman–Crippen MR) is 167 cm³/mol. The second-order valence-electron chi connectivity index (χ2n) is 12.1. The summed E-state index contributed by atoms with van der Waals surface area (Å²) in [5.74, 6) is 0.0565. The molecule has 5 heteroatoms. The largest absolute Gasteiger partial charge is 0.413 e. The van der Waals surface area contributed by atoms with Crippen LogP contribution < -0.4 is 15.9 Å². The lowest BCUT2D eigenvalue weighted by Gasteiger charge is -2.40. The van der Waals surface area contributed by atoms with Crippen molar-refractivity contribution in [2.24, 2.45) is 0 Å².